The Morgan fingerprint density at radius 1 is 0.439 bits per heavy atom. The summed E-state index contributed by atoms with van der Waals surface area (Å²) >= 11 is 7.28. The number of nitrogens with zero attached hydrogens (tertiary/aromatic N) is 9. The Labute approximate surface area is 568 Å². The largest absolute Gasteiger partial charge is 0.478 e. The first-order valence-corrected chi connectivity index (χ1v) is 31.7. The number of thiophene rings is 1. The summed E-state index contributed by atoms with van der Waals surface area (Å²) in [7, 11) is 11.2. The summed E-state index contributed by atoms with van der Waals surface area (Å²) < 4.78 is 10.4. The second-order valence-electron chi connectivity index (χ2n) is 22.9. The molecule has 1 atom stereocenters. The number of nitrogens with one attached hydrogen (secondary N) is 10. The fourth-order valence-corrected chi connectivity index (χ4v) is 11.3. The van der Waals surface area contributed by atoms with Crippen LogP contribution in [0.25, 0.3) is 0 Å². The highest BCUT2D eigenvalue weighted by Crippen LogP contribution is 2.26. The SMILES string of the molecule is Cn1cc(NC(=O)c2cc(NC(=O)c3nc(NC(=O)c4cc(NC(=O)[C@H](N)CCNC(=O)c5nc(NC(=O)c6cc(NC(=O)c7cc(NC(=O)c8sccc8Cl)cn7C)cn6C)cn5C)cn4C)cn3C)cn2C)cc1C(=O)NCCCCCCCNC(=O)c1cccc(C(=O)O)c1. The molecule has 9 aromatic rings. The fourth-order valence-electron chi connectivity index (χ4n) is 10.3. The molecule has 98 heavy (non-hydrogen) atoms. The Balaban J connectivity index is 0.671. The zero-order chi connectivity index (χ0) is 70.6. The van der Waals surface area contributed by atoms with E-state index in [1.165, 1.54) is 112 Å². The third kappa shape index (κ3) is 17.5. The van der Waals surface area contributed by atoms with E-state index in [0.717, 1.165) is 32.1 Å². The average Bonchev–Trinajstić information content (AvgIpc) is 1.68. The zero-order valence-electron chi connectivity index (χ0n) is 54.2. The van der Waals surface area contributed by atoms with Gasteiger partial charge < -0.3 is 96.0 Å². The quantitative estimate of drug-likeness (QED) is 0.0240. The third-order valence-electron chi connectivity index (χ3n) is 15.3. The second-order valence-corrected chi connectivity index (χ2v) is 24.2. The van der Waals surface area contributed by atoms with Gasteiger partial charge in [-0.05, 0) is 79.2 Å². The molecule has 0 saturated heterocycles. The van der Waals surface area contributed by atoms with Gasteiger partial charge >= 0.3 is 5.97 Å². The maximum absolute atomic E-state index is 13.5. The molecule has 512 valence electrons. The van der Waals surface area contributed by atoms with Gasteiger partial charge in [0, 0.05) is 118 Å². The van der Waals surface area contributed by atoms with E-state index in [9.17, 15) is 52.7 Å². The van der Waals surface area contributed by atoms with Gasteiger partial charge in [0.1, 0.15) is 33.3 Å². The second kappa shape index (κ2) is 31.1. The number of aryl methyl sites for hydroxylation is 7. The van der Waals surface area contributed by atoms with Crippen LogP contribution in [0.15, 0.2) is 109 Å². The maximum atomic E-state index is 13.5. The van der Waals surface area contributed by atoms with Crippen molar-refractivity contribution in [3.05, 3.63) is 171 Å². The summed E-state index contributed by atoms with van der Waals surface area (Å²) in [4.78, 5) is 152. The Hall–Kier alpha value is -11.8. The van der Waals surface area contributed by atoms with Crippen molar-refractivity contribution in [2.75, 3.05) is 56.9 Å². The van der Waals surface area contributed by atoms with Gasteiger partial charge in [0.25, 0.3) is 53.2 Å². The summed E-state index contributed by atoms with van der Waals surface area (Å²) in [6, 6.07) is 13.7. The van der Waals surface area contributed by atoms with Gasteiger partial charge in [-0.15, -0.1) is 11.3 Å². The van der Waals surface area contributed by atoms with E-state index in [2.05, 4.69) is 63.1 Å². The number of aromatic nitrogens is 9. The molecule has 0 bridgehead atoms. The highest BCUT2D eigenvalue weighted by Gasteiger charge is 2.25. The van der Waals surface area contributed by atoms with Gasteiger partial charge in [-0.2, -0.15) is 0 Å². The number of anilines is 7. The Morgan fingerprint density at radius 2 is 0.827 bits per heavy atom. The predicted molar refractivity (Wildman–Crippen MR) is 365 cm³/mol. The van der Waals surface area contributed by atoms with E-state index in [4.69, 9.17) is 22.4 Å². The number of benzene rings is 1. The van der Waals surface area contributed by atoms with Crippen molar-refractivity contribution in [2.24, 2.45) is 55.1 Å². The minimum atomic E-state index is -1.11. The molecule has 13 N–H and O–H groups in total. The monoisotopic (exact) mass is 1380 g/mol. The number of amides is 10. The number of aromatic carboxylic acids is 1. The molecule has 0 unspecified atom stereocenters. The van der Waals surface area contributed by atoms with E-state index in [0.29, 0.717) is 45.7 Å². The number of carboxylic acid groups (broad SMARTS) is 1. The number of imidazole rings is 2. The van der Waals surface area contributed by atoms with Gasteiger partial charge in [-0.25, -0.2) is 14.8 Å². The molecule has 0 aliphatic carbocycles. The molecule has 34 heteroatoms. The zero-order valence-corrected chi connectivity index (χ0v) is 55.7. The Morgan fingerprint density at radius 3 is 1.29 bits per heavy atom. The molecule has 1 aromatic carbocycles. The first-order valence-electron chi connectivity index (χ1n) is 30.4. The summed E-state index contributed by atoms with van der Waals surface area (Å²) in [5, 5.41) is 38.5. The molecule has 0 saturated carbocycles. The molecule has 0 aliphatic rings. The third-order valence-corrected chi connectivity index (χ3v) is 16.7. The van der Waals surface area contributed by atoms with E-state index >= 15 is 0 Å². The number of halogens is 1. The van der Waals surface area contributed by atoms with Crippen molar-refractivity contribution in [2.45, 2.75) is 44.6 Å². The van der Waals surface area contributed by atoms with Crippen LogP contribution in [0.1, 0.15) is 143 Å². The van der Waals surface area contributed by atoms with Crippen molar-refractivity contribution in [1.29, 1.82) is 0 Å². The lowest BCUT2D eigenvalue weighted by Crippen LogP contribution is -2.39. The van der Waals surface area contributed by atoms with Gasteiger partial charge in [0.05, 0.1) is 45.1 Å². The molecule has 32 nitrogen and oxygen atoms in total. The summed E-state index contributed by atoms with van der Waals surface area (Å²) in [5.41, 5.74) is 9.06. The number of unbranched alkanes of at least 4 members (excludes halogenated alkanes) is 4. The van der Waals surface area contributed by atoms with Crippen LogP contribution in [0.4, 0.5) is 40.1 Å². The van der Waals surface area contributed by atoms with Gasteiger partial charge in [-0.3, -0.25) is 47.9 Å². The standard InChI is InChI=1S/C64H71ClN20O12S/c1-79-29-38(23-44(79)56(88)68-19-12-10-8-9-11-18-67-54(86)35-14-13-15-36(22-35)64(96)97)71-58(90)46-27-41(32-81(46)3)74-63(95)53-76-50(34-85(53)7)78-59(91)47-24-37(28-82(47)4)70-55(87)43(66)16-20-69-62(94)52-75-49(33-84(52)6)77-60(92)48-25-39(30-83(48)5)72-57(89)45-26-40(31-80(45)2)73-61(93)51-42(65)17-21-98-51/h13-15,17,21-34,43H,8-12,16,18-20,66H2,1-7H3,(H,67,86)(H,68,88)(H,69,94)(H,70,87)(H,71,90)(H,72,89)(H,73,93)(H,74,95)(H,77,92)(H,78,91)(H,96,97)/t43-/m1/s1. The van der Waals surface area contributed by atoms with Gasteiger partial charge in [0.2, 0.25) is 17.6 Å². The molecule has 9 rings (SSSR count). The molecule has 10 amide bonds. The van der Waals surface area contributed by atoms with E-state index in [1.54, 1.807) is 89.9 Å². The van der Waals surface area contributed by atoms with Crippen molar-refractivity contribution in [3.63, 3.8) is 0 Å². The summed E-state index contributed by atoms with van der Waals surface area (Å²) in [6.45, 7) is 0.831. The van der Waals surface area contributed by atoms with Crippen LogP contribution >= 0.6 is 22.9 Å². The average molecular weight is 1380 g/mol. The fraction of sp³-hybridized carbons (Fsp3) is 0.266. The van der Waals surface area contributed by atoms with E-state index in [1.807, 2.05) is 0 Å². The minimum absolute atomic E-state index is 0.00240. The highest BCUT2D eigenvalue weighted by atomic mass is 35.5. The van der Waals surface area contributed by atoms with Gasteiger partial charge in [-0.1, -0.05) is 36.9 Å². The number of carbonyl (C=O) groups excluding carboxylic acids is 10. The van der Waals surface area contributed by atoms with Crippen LogP contribution < -0.4 is 58.9 Å². The lowest BCUT2D eigenvalue weighted by atomic mass is 10.1. The number of nitrogens with two attached hydrogens (primary N) is 1. The first-order chi connectivity index (χ1) is 46.7. The smallest absolute Gasteiger partial charge is 0.335 e. The number of carboxylic acids is 1. The van der Waals surface area contributed by atoms with E-state index in [-0.39, 0.29) is 93.3 Å². The number of rotatable bonds is 29. The van der Waals surface area contributed by atoms with Crippen LogP contribution in [0.3, 0.4) is 0 Å². The molecule has 0 radical (unpaired) electrons. The summed E-state index contributed by atoms with van der Waals surface area (Å²) in [5.74, 6) is -6.37. The molecule has 0 spiro atoms. The predicted octanol–water partition coefficient (Wildman–Crippen LogP) is 5.97. The van der Waals surface area contributed by atoms with Crippen molar-refractivity contribution >= 4 is 128 Å². The molecule has 8 aromatic heterocycles. The lowest BCUT2D eigenvalue weighted by molar-refractivity contribution is -0.117. The number of hydrogen-bond donors (Lipinski definition) is 12. The summed E-state index contributed by atoms with van der Waals surface area (Å²) in [6.07, 6.45) is 14.6. The van der Waals surface area contributed by atoms with Crippen molar-refractivity contribution in [1.82, 2.24) is 57.9 Å². The molecular formula is C64H71ClN20O12S. The molecule has 8 heterocycles. The van der Waals surface area contributed by atoms with Crippen molar-refractivity contribution < 1.29 is 57.8 Å². The van der Waals surface area contributed by atoms with Crippen LogP contribution in [-0.4, -0.2) is 138 Å². The van der Waals surface area contributed by atoms with Crippen molar-refractivity contribution in [3.8, 4) is 0 Å². The van der Waals surface area contributed by atoms with Crippen LogP contribution in [0, 0.1) is 0 Å². The van der Waals surface area contributed by atoms with Crippen LogP contribution in [0.2, 0.25) is 5.02 Å². The molecule has 0 aliphatic heterocycles. The molecule has 0 fully saturated rings. The van der Waals surface area contributed by atoms with Crippen LogP contribution in [-0.2, 0) is 54.1 Å². The normalized spacial score (nSPS) is 11.3. The molecular weight excluding hydrogens is 1310 g/mol. The van der Waals surface area contributed by atoms with E-state index < -0.39 is 59.3 Å². The lowest BCUT2D eigenvalue weighted by Gasteiger charge is -2.12. The van der Waals surface area contributed by atoms with Crippen LogP contribution in [0.5, 0.6) is 0 Å². The Bertz CT molecular complexity index is 4570. The number of carbonyl (C=O) groups is 11. The minimum Gasteiger partial charge on any atom is -0.478 e. The Kier molecular flexibility index (Phi) is 22.4. The van der Waals surface area contributed by atoms with Gasteiger partial charge in [0.15, 0.2) is 11.6 Å². The highest BCUT2D eigenvalue weighted by molar-refractivity contribution is 7.12. The maximum Gasteiger partial charge on any atom is 0.335 e. The topological polar surface area (TPSA) is 415 Å². The number of hydrogen-bond acceptors (Lipinski definition) is 15. The first kappa shape index (κ1) is 70.5.